The molecule has 0 unspecified atom stereocenters. The maximum Gasteiger partial charge on any atom is 0.410 e. The summed E-state index contributed by atoms with van der Waals surface area (Å²) in [6.07, 6.45) is 3.91. The SMILES string of the molecule is C=C[C@@H]1C[C@]1(NC(=O)[C@@H]1C[C@@H]2CN1C(=O)[C@H](C(C)(C)C)NC(=O)[C@@H](N)COC/C=C/c1cccc3c1CN(C3)C(=O)O2)C(=O)NO. The molecule has 4 bridgehead atoms. The van der Waals surface area contributed by atoms with Crippen LogP contribution in [0.15, 0.2) is 36.9 Å². The van der Waals surface area contributed by atoms with Gasteiger partial charge in [0.1, 0.15) is 29.8 Å². The standard InChI is InChI=1S/C32H42N6O8/c1-5-20-13-32(20,29(42)36-44)35-27(40)24-12-21-15-38(24)28(41)25(31(2,3)4)34-26(39)23(33)17-45-11-7-10-18-8-6-9-19-14-37(16-22(18)19)30(43)46-21/h5-10,20-21,23-25,44H,1,11-17,33H2,2-4H3,(H,34,39)(H,35,40)(H,36,42)/b10-7+/t20-,21-,23+,24+,25-,32-/m1/s1. The Kier molecular flexibility index (Phi) is 9.25. The van der Waals surface area contributed by atoms with Gasteiger partial charge in [0.25, 0.3) is 5.91 Å². The van der Waals surface area contributed by atoms with E-state index >= 15 is 0 Å². The number of hydroxylamine groups is 1. The summed E-state index contributed by atoms with van der Waals surface area (Å²) >= 11 is 0. The van der Waals surface area contributed by atoms with Crippen LogP contribution in [-0.2, 0) is 41.7 Å². The molecule has 3 heterocycles. The molecule has 14 nitrogen and oxygen atoms in total. The Labute approximate surface area is 267 Å². The molecule has 2 fully saturated rings. The smallest absolute Gasteiger partial charge is 0.410 e. The van der Waals surface area contributed by atoms with Crippen LogP contribution in [-0.4, -0.2) is 94.3 Å². The van der Waals surface area contributed by atoms with Crippen molar-refractivity contribution in [1.82, 2.24) is 25.9 Å². The zero-order valence-electron chi connectivity index (χ0n) is 26.3. The number of nitrogens with one attached hydrogen (secondary N) is 3. The van der Waals surface area contributed by atoms with Gasteiger partial charge < -0.3 is 30.7 Å². The van der Waals surface area contributed by atoms with Gasteiger partial charge in [-0.25, -0.2) is 10.3 Å². The second kappa shape index (κ2) is 12.9. The van der Waals surface area contributed by atoms with E-state index in [4.69, 9.17) is 15.2 Å². The van der Waals surface area contributed by atoms with Crippen molar-refractivity contribution in [3.8, 4) is 0 Å². The molecule has 14 heteroatoms. The van der Waals surface area contributed by atoms with Crippen LogP contribution in [0.3, 0.4) is 0 Å². The Morgan fingerprint density at radius 1 is 1.22 bits per heavy atom. The highest BCUT2D eigenvalue weighted by molar-refractivity contribution is 5.98. The van der Waals surface area contributed by atoms with E-state index in [1.54, 1.807) is 31.2 Å². The predicted octanol–water partition coefficient (Wildman–Crippen LogP) is 0.576. The fourth-order valence-electron chi connectivity index (χ4n) is 6.34. The van der Waals surface area contributed by atoms with Crippen molar-refractivity contribution in [1.29, 1.82) is 0 Å². The van der Waals surface area contributed by atoms with Crippen LogP contribution in [0.1, 0.15) is 50.3 Å². The highest BCUT2D eigenvalue weighted by Gasteiger charge is 2.61. The van der Waals surface area contributed by atoms with Gasteiger partial charge in [0.15, 0.2) is 0 Å². The maximum absolute atomic E-state index is 14.2. The molecule has 46 heavy (non-hydrogen) atoms. The van der Waals surface area contributed by atoms with Crippen LogP contribution < -0.4 is 21.8 Å². The van der Waals surface area contributed by atoms with E-state index < -0.39 is 70.8 Å². The molecule has 0 spiro atoms. The topological polar surface area (TPSA) is 193 Å². The summed E-state index contributed by atoms with van der Waals surface area (Å²) < 4.78 is 11.5. The van der Waals surface area contributed by atoms with Gasteiger partial charge in [-0.3, -0.25) is 29.3 Å². The molecule has 5 amide bonds. The van der Waals surface area contributed by atoms with E-state index in [0.717, 1.165) is 16.7 Å². The van der Waals surface area contributed by atoms with Crippen molar-refractivity contribution < 1.29 is 38.7 Å². The number of carbonyl (C=O) groups is 5. The molecular weight excluding hydrogens is 596 g/mol. The van der Waals surface area contributed by atoms with E-state index in [9.17, 15) is 29.2 Å². The number of nitrogens with two attached hydrogens (primary N) is 1. The van der Waals surface area contributed by atoms with Gasteiger partial charge in [-0.15, -0.1) is 6.58 Å². The molecule has 1 aromatic carbocycles. The van der Waals surface area contributed by atoms with Crippen LogP contribution in [0.5, 0.6) is 0 Å². The summed E-state index contributed by atoms with van der Waals surface area (Å²) in [5, 5.41) is 14.8. The number of benzene rings is 1. The lowest BCUT2D eigenvalue weighted by atomic mass is 9.85. The second-order valence-corrected chi connectivity index (χ2v) is 13.4. The molecule has 5 rings (SSSR count). The van der Waals surface area contributed by atoms with Crippen LogP contribution in [0, 0.1) is 11.3 Å². The zero-order chi connectivity index (χ0) is 33.4. The Balaban J connectivity index is 1.46. The Hall–Kier alpha value is -4.27. The first-order valence-electron chi connectivity index (χ1n) is 15.3. The molecule has 3 aliphatic heterocycles. The summed E-state index contributed by atoms with van der Waals surface area (Å²) in [4.78, 5) is 70.0. The first kappa shape index (κ1) is 33.1. The highest BCUT2D eigenvalue weighted by Crippen LogP contribution is 2.45. The van der Waals surface area contributed by atoms with Crippen molar-refractivity contribution >= 4 is 35.8 Å². The molecule has 1 aliphatic carbocycles. The quantitative estimate of drug-likeness (QED) is 0.178. The summed E-state index contributed by atoms with van der Waals surface area (Å²) in [7, 11) is 0. The number of carbonyl (C=O) groups excluding carboxylic acids is 5. The molecule has 6 atom stereocenters. The number of nitrogens with zero attached hydrogens (tertiary/aromatic N) is 2. The first-order chi connectivity index (χ1) is 21.8. The van der Waals surface area contributed by atoms with E-state index in [1.807, 2.05) is 30.4 Å². The largest absolute Gasteiger partial charge is 0.444 e. The number of ether oxygens (including phenoxy) is 2. The lowest BCUT2D eigenvalue weighted by Gasteiger charge is -2.36. The average molecular weight is 639 g/mol. The minimum Gasteiger partial charge on any atom is -0.444 e. The van der Waals surface area contributed by atoms with Crippen LogP contribution in [0.25, 0.3) is 6.08 Å². The van der Waals surface area contributed by atoms with Gasteiger partial charge >= 0.3 is 6.09 Å². The summed E-state index contributed by atoms with van der Waals surface area (Å²) in [6, 6.07) is 2.43. The Morgan fingerprint density at radius 3 is 2.65 bits per heavy atom. The van der Waals surface area contributed by atoms with Gasteiger partial charge in [-0.05, 0) is 28.5 Å². The predicted molar refractivity (Wildman–Crippen MR) is 164 cm³/mol. The molecule has 1 saturated heterocycles. The number of hydrogen-bond acceptors (Lipinski definition) is 9. The molecule has 0 radical (unpaired) electrons. The Bertz CT molecular complexity index is 1460. The molecular formula is C32H42N6O8. The second-order valence-electron chi connectivity index (χ2n) is 13.4. The molecule has 1 saturated carbocycles. The van der Waals surface area contributed by atoms with Crippen LogP contribution >= 0.6 is 0 Å². The zero-order valence-corrected chi connectivity index (χ0v) is 26.3. The molecule has 248 valence electrons. The fraction of sp³-hybridized carbons (Fsp3) is 0.531. The summed E-state index contributed by atoms with van der Waals surface area (Å²) in [5.74, 6) is -3.10. The lowest BCUT2D eigenvalue weighted by molar-refractivity contribution is -0.145. The third-order valence-electron chi connectivity index (χ3n) is 9.09. The Morgan fingerprint density at radius 2 is 1.98 bits per heavy atom. The maximum atomic E-state index is 14.2. The van der Waals surface area contributed by atoms with Crippen LogP contribution in [0.4, 0.5) is 4.79 Å². The molecule has 0 aromatic heterocycles. The summed E-state index contributed by atoms with van der Waals surface area (Å²) in [5.41, 5.74) is 8.33. The van der Waals surface area contributed by atoms with Crippen molar-refractivity contribution in [3.63, 3.8) is 0 Å². The normalized spacial score (nSPS) is 30.7. The van der Waals surface area contributed by atoms with Crippen molar-refractivity contribution in [2.75, 3.05) is 19.8 Å². The van der Waals surface area contributed by atoms with Gasteiger partial charge in [0.2, 0.25) is 17.7 Å². The minimum atomic E-state index is -1.43. The van der Waals surface area contributed by atoms with Crippen molar-refractivity contribution in [3.05, 3.63) is 53.6 Å². The van der Waals surface area contributed by atoms with Crippen molar-refractivity contribution in [2.24, 2.45) is 17.1 Å². The van der Waals surface area contributed by atoms with E-state index in [1.165, 1.54) is 11.0 Å². The summed E-state index contributed by atoms with van der Waals surface area (Å²) in [6.45, 7) is 9.60. The minimum absolute atomic E-state index is 0.0498. The number of rotatable bonds is 4. The van der Waals surface area contributed by atoms with Crippen LogP contribution in [0.2, 0.25) is 0 Å². The van der Waals surface area contributed by atoms with Gasteiger partial charge in [0.05, 0.1) is 26.3 Å². The van der Waals surface area contributed by atoms with Gasteiger partial charge in [-0.1, -0.05) is 57.2 Å². The van der Waals surface area contributed by atoms with Crippen molar-refractivity contribution in [2.45, 2.75) is 76.5 Å². The third-order valence-corrected chi connectivity index (χ3v) is 9.09. The average Bonchev–Trinajstić information content (AvgIpc) is 3.32. The number of amides is 5. The number of hydrogen-bond donors (Lipinski definition) is 5. The molecule has 6 N–H and O–H groups in total. The van der Waals surface area contributed by atoms with E-state index in [0.29, 0.717) is 13.1 Å². The first-order valence-corrected chi connectivity index (χ1v) is 15.3. The van der Waals surface area contributed by atoms with E-state index in [2.05, 4.69) is 17.2 Å². The molecule has 1 aromatic rings. The third kappa shape index (κ3) is 6.50. The number of fused-ring (bicyclic) bond motifs is 3. The van der Waals surface area contributed by atoms with E-state index in [-0.39, 0.29) is 32.6 Å². The molecule has 4 aliphatic rings. The highest BCUT2D eigenvalue weighted by atomic mass is 16.6. The van der Waals surface area contributed by atoms with Gasteiger partial charge in [-0.2, -0.15) is 0 Å². The lowest BCUT2D eigenvalue weighted by Crippen LogP contribution is -2.61. The van der Waals surface area contributed by atoms with Gasteiger partial charge in [0, 0.05) is 18.9 Å². The fourth-order valence-corrected chi connectivity index (χ4v) is 6.34. The monoisotopic (exact) mass is 638 g/mol.